The van der Waals surface area contributed by atoms with Crippen LogP contribution in [0.3, 0.4) is 0 Å². The van der Waals surface area contributed by atoms with Crippen LogP contribution >= 0.6 is 23.1 Å². The standard InChI is InChI=1S/C19H17FN6O2S2/c1-2-28-11-7-8-14-15(9-11)30-18(22-14)23-16(27)10-29-19-25-24-17(26(19)21)12-5-3-4-6-13(12)20/h3-9H,2,10,21H2,1H3,(H,22,23,27). The van der Waals surface area contributed by atoms with Crippen LogP contribution in [0.1, 0.15) is 6.92 Å². The fourth-order valence-electron chi connectivity index (χ4n) is 2.70. The molecule has 4 rings (SSSR count). The number of thiazole rings is 1. The third-order valence-corrected chi connectivity index (χ3v) is 5.91. The minimum Gasteiger partial charge on any atom is -0.494 e. The molecule has 0 spiro atoms. The molecule has 11 heteroatoms. The molecule has 0 saturated heterocycles. The Bertz CT molecular complexity index is 1210. The summed E-state index contributed by atoms with van der Waals surface area (Å²) in [5, 5.41) is 11.4. The average Bonchev–Trinajstić information content (AvgIpc) is 3.29. The number of nitrogens with one attached hydrogen (secondary N) is 1. The molecule has 0 aliphatic carbocycles. The van der Waals surface area contributed by atoms with Crippen LogP contribution in [0, 0.1) is 5.82 Å². The highest BCUT2D eigenvalue weighted by Crippen LogP contribution is 2.29. The van der Waals surface area contributed by atoms with Crippen LogP contribution < -0.4 is 15.9 Å². The van der Waals surface area contributed by atoms with E-state index in [9.17, 15) is 9.18 Å². The normalized spacial score (nSPS) is 11.0. The number of rotatable bonds is 7. The first-order valence-electron chi connectivity index (χ1n) is 8.96. The molecular formula is C19H17FN6O2S2. The van der Waals surface area contributed by atoms with Gasteiger partial charge >= 0.3 is 0 Å². The number of hydrogen-bond acceptors (Lipinski definition) is 8. The van der Waals surface area contributed by atoms with Crippen molar-refractivity contribution < 1.29 is 13.9 Å². The van der Waals surface area contributed by atoms with Crippen LogP contribution in [0.25, 0.3) is 21.6 Å². The number of nitrogens with zero attached hydrogens (tertiary/aromatic N) is 4. The highest BCUT2D eigenvalue weighted by atomic mass is 32.2. The zero-order valence-electron chi connectivity index (χ0n) is 15.8. The maximum atomic E-state index is 14.0. The summed E-state index contributed by atoms with van der Waals surface area (Å²) in [6.45, 7) is 2.50. The van der Waals surface area contributed by atoms with Gasteiger partial charge in [-0.2, -0.15) is 0 Å². The first-order valence-corrected chi connectivity index (χ1v) is 10.8. The van der Waals surface area contributed by atoms with Crippen molar-refractivity contribution in [3.05, 3.63) is 48.3 Å². The van der Waals surface area contributed by atoms with Gasteiger partial charge in [-0.15, -0.1) is 10.2 Å². The smallest absolute Gasteiger partial charge is 0.236 e. The van der Waals surface area contributed by atoms with Crippen molar-refractivity contribution in [3.63, 3.8) is 0 Å². The molecule has 2 aromatic heterocycles. The van der Waals surface area contributed by atoms with E-state index in [1.807, 2.05) is 25.1 Å². The van der Waals surface area contributed by atoms with Crippen molar-refractivity contribution in [3.8, 4) is 17.1 Å². The summed E-state index contributed by atoms with van der Waals surface area (Å²) >= 11 is 2.46. The molecule has 2 aromatic carbocycles. The Kier molecular flexibility index (Phi) is 5.81. The largest absolute Gasteiger partial charge is 0.494 e. The fourth-order valence-corrected chi connectivity index (χ4v) is 4.27. The summed E-state index contributed by atoms with van der Waals surface area (Å²) in [5.41, 5.74) is 1.02. The summed E-state index contributed by atoms with van der Waals surface area (Å²) in [7, 11) is 0. The van der Waals surface area contributed by atoms with E-state index >= 15 is 0 Å². The van der Waals surface area contributed by atoms with Gasteiger partial charge in [0.25, 0.3) is 0 Å². The minimum atomic E-state index is -0.450. The summed E-state index contributed by atoms with van der Waals surface area (Å²) in [6, 6.07) is 11.7. The number of aromatic nitrogens is 4. The number of nitrogen functional groups attached to an aromatic ring is 1. The van der Waals surface area contributed by atoms with Crippen LogP contribution in [0.2, 0.25) is 0 Å². The molecule has 0 radical (unpaired) electrons. The predicted octanol–water partition coefficient (Wildman–Crippen LogP) is 3.54. The number of carbonyl (C=O) groups is 1. The lowest BCUT2D eigenvalue weighted by Crippen LogP contribution is -2.16. The predicted molar refractivity (Wildman–Crippen MR) is 116 cm³/mol. The van der Waals surface area contributed by atoms with E-state index in [4.69, 9.17) is 10.6 Å². The average molecular weight is 445 g/mol. The molecule has 0 aliphatic heterocycles. The SMILES string of the molecule is CCOc1ccc2nc(NC(=O)CSc3nnc(-c4ccccc4F)n3N)sc2c1. The van der Waals surface area contributed by atoms with E-state index in [0.717, 1.165) is 27.7 Å². The molecule has 4 aromatic rings. The topological polar surface area (TPSA) is 108 Å². The van der Waals surface area contributed by atoms with Crippen molar-refractivity contribution in [2.45, 2.75) is 12.1 Å². The van der Waals surface area contributed by atoms with Gasteiger partial charge in [0, 0.05) is 0 Å². The number of hydrogen-bond donors (Lipinski definition) is 2. The maximum Gasteiger partial charge on any atom is 0.236 e. The number of amides is 1. The quantitative estimate of drug-likeness (QED) is 0.332. The highest BCUT2D eigenvalue weighted by molar-refractivity contribution is 7.99. The molecule has 0 unspecified atom stereocenters. The first-order chi connectivity index (χ1) is 14.5. The van der Waals surface area contributed by atoms with Gasteiger partial charge in [-0.3, -0.25) is 4.79 Å². The Morgan fingerprint density at radius 1 is 1.30 bits per heavy atom. The van der Waals surface area contributed by atoms with Crippen LogP contribution in [-0.4, -0.2) is 38.1 Å². The van der Waals surface area contributed by atoms with Crippen LogP contribution in [0.15, 0.2) is 47.6 Å². The minimum absolute atomic E-state index is 0.0483. The van der Waals surface area contributed by atoms with Crippen LogP contribution in [0.5, 0.6) is 5.75 Å². The number of thioether (sulfide) groups is 1. The van der Waals surface area contributed by atoms with Gasteiger partial charge in [0.15, 0.2) is 11.0 Å². The van der Waals surface area contributed by atoms with E-state index < -0.39 is 5.82 Å². The lowest BCUT2D eigenvalue weighted by Gasteiger charge is -2.04. The second kappa shape index (κ2) is 8.67. The molecule has 0 aliphatic rings. The van der Waals surface area contributed by atoms with Gasteiger partial charge in [0.2, 0.25) is 11.1 Å². The molecule has 0 atom stereocenters. The van der Waals surface area contributed by atoms with Gasteiger partial charge in [-0.25, -0.2) is 14.1 Å². The lowest BCUT2D eigenvalue weighted by molar-refractivity contribution is -0.113. The highest BCUT2D eigenvalue weighted by Gasteiger charge is 2.17. The lowest BCUT2D eigenvalue weighted by atomic mass is 10.2. The molecule has 0 fully saturated rings. The van der Waals surface area contributed by atoms with Crippen molar-refractivity contribution in [1.29, 1.82) is 0 Å². The Morgan fingerprint density at radius 2 is 2.13 bits per heavy atom. The molecule has 0 bridgehead atoms. The van der Waals surface area contributed by atoms with Crippen molar-refractivity contribution >= 4 is 44.4 Å². The second-order valence-electron chi connectivity index (χ2n) is 6.07. The van der Waals surface area contributed by atoms with Gasteiger partial charge in [0.1, 0.15) is 11.6 Å². The third-order valence-electron chi connectivity index (χ3n) is 4.03. The summed E-state index contributed by atoms with van der Waals surface area (Å²) < 4.78 is 21.5. The number of halogens is 1. The number of carbonyl (C=O) groups excluding carboxylic acids is 1. The molecule has 3 N–H and O–H groups in total. The van der Waals surface area contributed by atoms with Gasteiger partial charge in [-0.1, -0.05) is 35.2 Å². The van der Waals surface area contributed by atoms with Gasteiger partial charge in [0.05, 0.1) is 28.1 Å². The monoisotopic (exact) mass is 444 g/mol. The number of fused-ring (bicyclic) bond motifs is 1. The van der Waals surface area contributed by atoms with E-state index in [2.05, 4.69) is 20.5 Å². The number of nitrogens with two attached hydrogens (primary N) is 1. The van der Waals surface area contributed by atoms with Crippen molar-refractivity contribution in [2.75, 3.05) is 23.5 Å². The summed E-state index contributed by atoms with van der Waals surface area (Å²) in [4.78, 5) is 16.7. The zero-order valence-corrected chi connectivity index (χ0v) is 17.5. The Hall–Kier alpha value is -3.18. The number of benzene rings is 2. The summed E-state index contributed by atoms with van der Waals surface area (Å²) in [5.74, 6) is 6.26. The maximum absolute atomic E-state index is 14.0. The van der Waals surface area contributed by atoms with Gasteiger partial charge in [-0.05, 0) is 37.3 Å². The van der Waals surface area contributed by atoms with Crippen LogP contribution in [0.4, 0.5) is 9.52 Å². The van der Waals surface area contributed by atoms with Crippen molar-refractivity contribution in [2.24, 2.45) is 0 Å². The zero-order chi connectivity index (χ0) is 21.1. The van der Waals surface area contributed by atoms with E-state index in [0.29, 0.717) is 16.9 Å². The number of anilines is 1. The summed E-state index contributed by atoms with van der Waals surface area (Å²) in [6.07, 6.45) is 0. The molecule has 8 nitrogen and oxygen atoms in total. The molecule has 2 heterocycles. The molecular weight excluding hydrogens is 427 g/mol. The molecule has 154 valence electrons. The Morgan fingerprint density at radius 3 is 2.93 bits per heavy atom. The van der Waals surface area contributed by atoms with Gasteiger partial charge < -0.3 is 15.9 Å². The van der Waals surface area contributed by atoms with Crippen molar-refractivity contribution in [1.82, 2.24) is 19.9 Å². The third kappa shape index (κ3) is 4.21. The number of ether oxygens (including phenoxy) is 1. The van der Waals surface area contributed by atoms with Crippen LogP contribution in [-0.2, 0) is 4.79 Å². The molecule has 30 heavy (non-hydrogen) atoms. The Labute approximate surface area is 179 Å². The second-order valence-corrected chi connectivity index (χ2v) is 8.05. The first kappa shape index (κ1) is 20.1. The van der Waals surface area contributed by atoms with E-state index in [1.54, 1.807) is 18.2 Å². The fraction of sp³-hybridized carbons (Fsp3) is 0.158. The molecule has 0 saturated carbocycles. The van der Waals surface area contributed by atoms with E-state index in [1.165, 1.54) is 22.1 Å². The molecule has 1 amide bonds. The Balaban J connectivity index is 1.41. The van der Waals surface area contributed by atoms with E-state index in [-0.39, 0.29) is 23.0 Å².